The zero-order chi connectivity index (χ0) is 15.4. The molecule has 0 aromatic carbocycles. The van der Waals surface area contributed by atoms with Gasteiger partial charge in [0.1, 0.15) is 0 Å². The summed E-state index contributed by atoms with van der Waals surface area (Å²) < 4.78 is 0. The van der Waals surface area contributed by atoms with Crippen molar-refractivity contribution in [3.05, 3.63) is 6.92 Å². The second kappa shape index (κ2) is 19.6. The van der Waals surface area contributed by atoms with Crippen LogP contribution in [0.15, 0.2) is 0 Å². The molecule has 0 fully saturated rings. The van der Waals surface area contributed by atoms with Crippen LogP contribution in [0.2, 0.25) is 0 Å². The molecule has 123 valence electrons. The highest BCUT2D eigenvalue weighted by Crippen LogP contribution is 2.13. The summed E-state index contributed by atoms with van der Waals surface area (Å²) in [5, 5.41) is 0. The number of hydrogen-bond acceptors (Lipinski definition) is 0. The molecular weight excluding hydrogens is 252 g/mol. The molecule has 0 amide bonds. The molecule has 0 aliphatic carbocycles. The first-order valence-corrected chi connectivity index (χ1v) is 9.66. The first kappa shape index (κ1) is 20.6. The van der Waals surface area contributed by atoms with Crippen molar-refractivity contribution < 1.29 is 0 Å². The molecule has 0 aromatic rings. The van der Waals surface area contributed by atoms with E-state index in [1.54, 1.807) is 0 Å². The Bertz CT molecular complexity index is 230. The minimum Gasteiger partial charge on any atom is -0.103 e. The first-order chi connectivity index (χ1) is 10.4. The van der Waals surface area contributed by atoms with Gasteiger partial charge in [-0.1, -0.05) is 103 Å². The van der Waals surface area contributed by atoms with Gasteiger partial charge in [-0.2, -0.15) is 0 Å². The molecule has 21 heavy (non-hydrogen) atoms. The fourth-order valence-electron chi connectivity index (χ4n) is 2.85. The van der Waals surface area contributed by atoms with Crippen LogP contribution in [0.1, 0.15) is 116 Å². The number of rotatable bonds is 16. The van der Waals surface area contributed by atoms with Crippen LogP contribution in [0.25, 0.3) is 0 Å². The fraction of sp³-hybridized carbons (Fsp3) is 0.857. The SMILES string of the molecule is [CH2]C#CCCCCCCCCCCCCCCCCCC. The second-order valence-corrected chi connectivity index (χ2v) is 6.41. The lowest BCUT2D eigenvalue weighted by atomic mass is 10.0. The third-order valence-electron chi connectivity index (χ3n) is 4.28. The molecule has 0 saturated heterocycles. The van der Waals surface area contributed by atoms with Crippen LogP contribution < -0.4 is 0 Å². The number of unbranched alkanes of at least 4 members (excludes halogenated alkanes) is 16. The quantitative estimate of drug-likeness (QED) is 0.204. The highest BCUT2D eigenvalue weighted by molar-refractivity contribution is 5.00. The Labute approximate surface area is 135 Å². The van der Waals surface area contributed by atoms with E-state index in [1.807, 2.05) is 0 Å². The topological polar surface area (TPSA) is 0 Å². The van der Waals surface area contributed by atoms with Gasteiger partial charge in [0.05, 0.1) is 0 Å². The van der Waals surface area contributed by atoms with Crippen molar-refractivity contribution in [1.82, 2.24) is 0 Å². The average Bonchev–Trinajstić information content (AvgIpc) is 2.50. The van der Waals surface area contributed by atoms with Crippen molar-refractivity contribution in [1.29, 1.82) is 0 Å². The molecule has 0 atom stereocenters. The highest BCUT2D eigenvalue weighted by Gasteiger charge is 1.94. The van der Waals surface area contributed by atoms with Crippen molar-refractivity contribution in [2.75, 3.05) is 0 Å². The summed E-state index contributed by atoms with van der Waals surface area (Å²) in [5.74, 6) is 5.76. The molecule has 0 saturated carbocycles. The molecular formula is C21H39. The maximum absolute atomic E-state index is 3.54. The molecule has 0 unspecified atom stereocenters. The van der Waals surface area contributed by atoms with Gasteiger partial charge < -0.3 is 0 Å². The minimum absolute atomic E-state index is 1.04. The molecule has 0 aliphatic heterocycles. The van der Waals surface area contributed by atoms with Gasteiger partial charge in [0.2, 0.25) is 0 Å². The average molecular weight is 292 g/mol. The van der Waals surface area contributed by atoms with Gasteiger partial charge >= 0.3 is 0 Å². The summed E-state index contributed by atoms with van der Waals surface area (Å²) in [5.41, 5.74) is 0. The fourth-order valence-corrected chi connectivity index (χ4v) is 2.85. The van der Waals surface area contributed by atoms with Crippen molar-refractivity contribution >= 4 is 0 Å². The van der Waals surface area contributed by atoms with Crippen molar-refractivity contribution in [3.8, 4) is 11.8 Å². The van der Waals surface area contributed by atoms with Crippen molar-refractivity contribution in [3.63, 3.8) is 0 Å². The molecule has 0 bridgehead atoms. The van der Waals surface area contributed by atoms with Crippen molar-refractivity contribution in [2.45, 2.75) is 116 Å². The predicted octanol–water partition coefficient (Wildman–Crippen LogP) is 7.48. The van der Waals surface area contributed by atoms with Crippen LogP contribution in [0.5, 0.6) is 0 Å². The summed E-state index contributed by atoms with van der Waals surface area (Å²) in [6.07, 6.45) is 23.9. The lowest BCUT2D eigenvalue weighted by molar-refractivity contribution is 0.530. The molecule has 1 radical (unpaired) electrons. The van der Waals surface area contributed by atoms with Crippen LogP contribution in [-0.4, -0.2) is 0 Å². The predicted molar refractivity (Wildman–Crippen MR) is 97.3 cm³/mol. The normalized spacial score (nSPS) is 10.4. The summed E-state index contributed by atoms with van der Waals surface area (Å²) in [6.45, 7) is 5.83. The second-order valence-electron chi connectivity index (χ2n) is 6.41. The Hall–Kier alpha value is -0.440. The molecule has 0 aliphatic rings. The number of hydrogen-bond donors (Lipinski definition) is 0. The van der Waals surface area contributed by atoms with Crippen LogP contribution in [0.3, 0.4) is 0 Å². The Morgan fingerprint density at radius 1 is 0.524 bits per heavy atom. The standard InChI is InChI=1S/C21H39/c1-3-5-7-9-11-13-15-17-19-21-20-18-16-14-12-10-8-6-4-2/h1,4,6-21H2,2H3. The maximum Gasteiger partial charge on any atom is 0.0198 e. The molecule has 0 nitrogen and oxygen atoms in total. The third-order valence-corrected chi connectivity index (χ3v) is 4.28. The maximum atomic E-state index is 3.54. The van der Waals surface area contributed by atoms with Gasteiger partial charge in [-0.05, 0) is 6.42 Å². The van der Waals surface area contributed by atoms with E-state index in [2.05, 4.69) is 25.7 Å². The summed E-state index contributed by atoms with van der Waals surface area (Å²) in [7, 11) is 0. The van der Waals surface area contributed by atoms with Gasteiger partial charge in [-0.15, -0.1) is 11.8 Å². The van der Waals surface area contributed by atoms with Crippen LogP contribution >= 0.6 is 0 Å². The van der Waals surface area contributed by atoms with E-state index < -0.39 is 0 Å². The molecule has 0 N–H and O–H groups in total. The lowest BCUT2D eigenvalue weighted by Crippen LogP contribution is -1.83. The van der Waals surface area contributed by atoms with Gasteiger partial charge in [-0.25, -0.2) is 0 Å². The Morgan fingerprint density at radius 2 is 0.857 bits per heavy atom. The van der Waals surface area contributed by atoms with E-state index >= 15 is 0 Å². The first-order valence-electron chi connectivity index (χ1n) is 9.66. The van der Waals surface area contributed by atoms with E-state index in [-0.39, 0.29) is 0 Å². The van der Waals surface area contributed by atoms with E-state index in [9.17, 15) is 0 Å². The van der Waals surface area contributed by atoms with Crippen LogP contribution in [-0.2, 0) is 0 Å². The summed E-state index contributed by atoms with van der Waals surface area (Å²) >= 11 is 0. The molecule has 0 rings (SSSR count). The smallest absolute Gasteiger partial charge is 0.0198 e. The van der Waals surface area contributed by atoms with E-state index in [1.165, 1.54) is 103 Å². The van der Waals surface area contributed by atoms with E-state index in [0.29, 0.717) is 0 Å². The Kier molecular flexibility index (Phi) is 19.2. The molecule has 0 heteroatoms. The molecule has 0 heterocycles. The van der Waals surface area contributed by atoms with Crippen LogP contribution in [0.4, 0.5) is 0 Å². The zero-order valence-electron chi connectivity index (χ0n) is 14.7. The van der Waals surface area contributed by atoms with Gasteiger partial charge in [0, 0.05) is 13.3 Å². The lowest BCUT2D eigenvalue weighted by Gasteiger charge is -2.03. The Morgan fingerprint density at radius 3 is 1.19 bits per heavy atom. The van der Waals surface area contributed by atoms with Gasteiger partial charge in [0.25, 0.3) is 0 Å². The van der Waals surface area contributed by atoms with Gasteiger partial charge in [-0.3, -0.25) is 0 Å². The van der Waals surface area contributed by atoms with Gasteiger partial charge in [0.15, 0.2) is 0 Å². The van der Waals surface area contributed by atoms with E-state index in [4.69, 9.17) is 0 Å². The minimum atomic E-state index is 1.04. The summed E-state index contributed by atoms with van der Waals surface area (Å²) in [4.78, 5) is 0. The monoisotopic (exact) mass is 291 g/mol. The third kappa shape index (κ3) is 19.6. The zero-order valence-corrected chi connectivity index (χ0v) is 14.7. The summed E-state index contributed by atoms with van der Waals surface area (Å²) in [6, 6.07) is 0. The van der Waals surface area contributed by atoms with Crippen molar-refractivity contribution in [2.24, 2.45) is 0 Å². The largest absolute Gasteiger partial charge is 0.103 e. The molecule has 0 spiro atoms. The molecule has 0 aromatic heterocycles. The van der Waals surface area contributed by atoms with Crippen LogP contribution in [0, 0.1) is 18.8 Å². The van der Waals surface area contributed by atoms with E-state index in [0.717, 1.165) is 6.42 Å². The Balaban J connectivity index is 2.94. The highest BCUT2D eigenvalue weighted by atomic mass is 14.0.